The van der Waals surface area contributed by atoms with Crippen LogP contribution in [0.25, 0.3) is 0 Å². The lowest BCUT2D eigenvalue weighted by Gasteiger charge is -2.49. The van der Waals surface area contributed by atoms with Crippen molar-refractivity contribution in [2.24, 2.45) is 0 Å². The van der Waals surface area contributed by atoms with Crippen LogP contribution in [0.5, 0.6) is 0 Å². The molecule has 0 aliphatic rings. The van der Waals surface area contributed by atoms with Crippen molar-refractivity contribution in [2.45, 2.75) is 277 Å². The Hall–Kier alpha value is -3.28. The van der Waals surface area contributed by atoms with E-state index < -0.39 is 17.3 Å². The summed E-state index contributed by atoms with van der Waals surface area (Å²) in [6, 6.07) is 36.1. The van der Waals surface area contributed by atoms with Gasteiger partial charge in [0, 0.05) is 6.42 Å². The van der Waals surface area contributed by atoms with Gasteiger partial charge in [0.05, 0.1) is 25.4 Å². The third kappa shape index (κ3) is 22.8. The Morgan fingerprint density at radius 1 is 0.356 bits per heavy atom. The minimum Gasteiger partial charge on any atom is -0.391 e. The summed E-state index contributed by atoms with van der Waals surface area (Å²) in [5.41, 5.74) is 6.16. The zero-order chi connectivity index (χ0) is 52.3. The average Bonchev–Trinajstić information content (AvgIpc) is 3.41. The molecule has 4 heteroatoms. The molecule has 0 heterocycles. The number of rotatable bonds is 44. The maximum absolute atomic E-state index is 14.5. The van der Waals surface area contributed by atoms with Gasteiger partial charge in [-0.25, -0.2) is 0 Å². The first-order chi connectivity index (χ1) is 35.7. The summed E-state index contributed by atoms with van der Waals surface area (Å²) in [7, 11) is 0. The van der Waals surface area contributed by atoms with Gasteiger partial charge in [0.25, 0.3) is 0 Å². The van der Waals surface area contributed by atoms with E-state index in [9.17, 15) is 10.2 Å². The van der Waals surface area contributed by atoms with E-state index in [0.29, 0.717) is 6.42 Å². The highest BCUT2D eigenvalue weighted by atomic mass is 16.6. The molecule has 4 aromatic carbocycles. The molecule has 0 aliphatic heterocycles. The smallest absolute Gasteiger partial charge is 0.148 e. The lowest BCUT2D eigenvalue weighted by Crippen LogP contribution is -2.54. The second kappa shape index (κ2) is 37.5. The summed E-state index contributed by atoms with van der Waals surface area (Å²) in [5, 5.41) is 24.8. The third-order valence-corrected chi connectivity index (χ3v) is 15.7. The van der Waals surface area contributed by atoms with E-state index in [4.69, 9.17) is 9.47 Å². The number of ether oxygens (including phenoxy) is 2. The molecule has 4 nitrogen and oxygen atoms in total. The number of aryl methyl sites for hydroxylation is 4. The third-order valence-electron chi connectivity index (χ3n) is 15.7. The quantitative estimate of drug-likeness (QED) is 0.0434. The molecule has 0 aliphatic carbocycles. The molecule has 3 atom stereocenters. The number of aliphatic hydroxyl groups is 2. The molecule has 0 radical (unpaired) electrons. The fourth-order valence-electron chi connectivity index (χ4n) is 10.9. The molecule has 0 fully saturated rings. The lowest BCUT2D eigenvalue weighted by atomic mass is 9.66. The van der Waals surface area contributed by atoms with E-state index in [1.807, 2.05) is 6.92 Å². The van der Waals surface area contributed by atoms with Crippen LogP contribution in [-0.4, -0.2) is 35.6 Å². The van der Waals surface area contributed by atoms with Gasteiger partial charge in [-0.05, 0) is 110 Å². The van der Waals surface area contributed by atoms with E-state index in [0.717, 1.165) is 47.9 Å². The minimum atomic E-state index is -1.61. The fraction of sp³-hybridized carbons (Fsp3) is 0.652. The highest BCUT2D eigenvalue weighted by Crippen LogP contribution is 2.51. The van der Waals surface area contributed by atoms with Gasteiger partial charge in [0.15, 0.2) is 0 Å². The SMILES string of the molecule is CCCCCCCCCc1ccc(CC(OCC(C)OCC(C)O)(c2ccc(CCCCCCCCC)cc2)C(O)(c2ccc(CCCCCCCCC)cc2)c2ccc(CCCCCCCCC)cc2)cc1. The van der Waals surface area contributed by atoms with Crippen LogP contribution in [0.2, 0.25) is 0 Å². The predicted molar refractivity (Wildman–Crippen MR) is 314 cm³/mol. The number of unbranched alkanes of at least 4 members (excludes halogenated alkanes) is 24. The van der Waals surface area contributed by atoms with Gasteiger partial charge in [0.2, 0.25) is 0 Å². The lowest BCUT2D eigenvalue weighted by molar-refractivity contribution is -0.194. The van der Waals surface area contributed by atoms with Crippen LogP contribution in [0, 0.1) is 0 Å². The standard InChI is InChI=1S/C69H108O4/c1-7-11-15-19-23-27-31-35-60-39-41-64(42-40-60)55-68(73-57-59(6)72-56-58(5)70,65-49-43-61(44-50-65)36-32-28-24-20-16-12-8-2)69(71,66-51-45-62(46-52-66)37-33-29-25-21-17-13-9-3)67-53-47-63(48-54-67)38-34-30-26-22-18-14-10-4/h39-54,58-59,70-71H,7-38,55-57H2,1-6H3. The normalized spacial score (nSPS) is 13.6. The van der Waals surface area contributed by atoms with Crippen molar-refractivity contribution in [3.8, 4) is 0 Å². The van der Waals surface area contributed by atoms with Crippen LogP contribution >= 0.6 is 0 Å². The van der Waals surface area contributed by atoms with Crippen LogP contribution in [-0.2, 0) is 52.8 Å². The molecule has 0 aromatic heterocycles. The summed E-state index contributed by atoms with van der Waals surface area (Å²) in [6.45, 7) is 13.4. The van der Waals surface area contributed by atoms with Crippen molar-refractivity contribution in [2.75, 3.05) is 13.2 Å². The molecule has 0 saturated carbocycles. The number of hydrogen-bond acceptors (Lipinski definition) is 4. The first kappa shape index (κ1) is 62.3. The zero-order valence-corrected chi connectivity index (χ0v) is 47.9. The van der Waals surface area contributed by atoms with Gasteiger partial charge in [-0.2, -0.15) is 0 Å². The van der Waals surface area contributed by atoms with Crippen LogP contribution in [0.3, 0.4) is 0 Å². The van der Waals surface area contributed by atoms with Gasteiger partial charge in [-0.15, -0.1) is 0 Å². The van der Waals surface area contributed by atoms with Crippen molar-refractivity contribution >= 4 is 0 Å². The van der Waals surface area contributed by atoms with Crippen molar-refractivity contribution in [1.82, 2.24) is 0 Å². The molecule has 4 aromatic rings. The predicted octanol–water partition coefficient (Wildman–Crippen LogP) is 19.0. The molecule has 0 spiro atoms. The Morgan fingerprint density at radius 2 is 0.630 bits per heavy atom. The molecule has 408 valence electrons. The second-order valence-electron chi connectivity index (χ2n) is 22.4. The second-order valence-corrected chi connectivity index (χ2v) is 22.4. The molecule has 0 saturated heterocycles. The Labute approximate surface area is 449 Å². The van der Waals surface area contributed by atoms with E-state index in [1.54, 1.807) is 6.92 Å². The van der Waals surface area contributed by atoms with E-state index in [-0.39, 0.29) is 19.3 Å². The van der Waals surface area contributed by atoms with E-state index in [2.05, 4.69) is 125 Å². The Balaban J connectivity index is 1.81. The van der Waals surface area contributed by atoms with E-state index >= 15 is 0 Å². The van der Waals surface area contributed by atoms with Gasteiger partial charge in [0.1, 0.15) is 11.2 Å². The number of benzene rings is 4. The van der Waals surface area contributed by atoms with Gasteiger partial charge < -0.3 is 19.7 Å². The molecule has 0 bridgehead atoms. The molecular formula is C69H108O4. The van der Waals surface area contributed by atoms with Crippen molar-refractivity contribution in [3.05, 3.63) is 142 Å². The molecule has 4 rings (SSSR count). The fourth-order valence-corrected chi connectivity index (χ4v) is 10.9. The van der Waals surface area contributed by atoms with Crippen LogP contribution < -0.4 is 0 Å². The number of hydrogen-bond donors (Lipinski definition) is 2. The monoisotopic (exact) mass is 1000 g/mol. The van der Waals surface area contributed by atoms with Gasteiger partial charge >= 0.3 is 0 Å². The average molecular weight is 1000 g/mol. The molecule has 2 N–H and O–H groups in total. The molecule has 73 heavy (non-hydrogen) atoms. The zero-order valence-electron chi connectivity index (χ0n) is 47.9. The first-order valence-electron chi connectivity index (χ1n) is 30.7. The van der Waals surface area contributed by atoms with Gasteiger partial charge in [-0.3, -0.25) is 0 Å². The van der Waals surface area contributed by atoms with Crippen molar-refractivity contribution < 1.29 is 19.7 Å². The summed E-state index contributed by atoms with van der Waals surface area (Å²) < 4.78 is 13.8. The minimum absolute atomic E-state index is 0.218. The van der Waals surface area contributed by atoms with Gasteiger partial charge in [-0.1, -0.05) is 279 Å². The van der Waals surface area contributed by atoms with Crippen molar-refractivity contribution in [1.29, 1.82) is 0 Å². The van der Waals surface area contributed by atoms with E-state index in [1.165, 1.54) is 202 Å². The highest BCUT2D eigenvalue weighted by Gasteiger charge is 2.55. The molecule has 0 amide bonds. The Morgan fingerprint density at radius 3 is 0.945 bits per heavy atom. The maximum atomic E-state index is 14.5. The maximum Gasteiger partial charge on any atom is 0.148 e. The summed E-state index contributed by atoms with van der Waals surface area (Å²) in [5.74, 6) is 0. The Kier molecular flexibility index (Phi) is 32.0. The first-order valence-corrected chi connectivity index (χ1v) is 30.7. The highest BCUT2D eigenvalue weighted by molar-refractivity contribution is 5.47. The molecular weight excluding hydrogens is 893 g/mol. The number of aliphatic hydroxyl groups excluding tert-OH is 1. The van der Waals surface area contributed by atoms with Crippen molar-refractivity contribution in [3.63, 3.8) is 0 Å². The summed E-state index contributed by atoms with van der Waals surface area (Å²) >= 11 is 0. The Bertz CT molecular complexity index is 1850. The van der Waals surface area contributed by atoms with Crippen LogP contribution in [0.1, 0.15) is 266 Å². The summed E-state index contributed by atoms with van der Waals surface area (Å²) in [6.07, 6.45) is 39.8. The summed E-state index contributed by atoms with van der Waals surface area (Å²) in [4.78, 5) is 0. The topological polar surface area (TPSA) is 58.9 Å². The largest absolute Gasteiger partial charge is 0.391 e. The molecule has 3 unspecified atom stereocenters. The van der Waals surface area contributed by atoms with Crippen LogP contribution in [0.15, 0.2) is 97.1 Å². The van der Waals surface area contributed by atoms with Crippen LogP contribution in [0.4, 0.5) is 0 Å².